The predicted molar refractivity (Wildman–Crippen MR) is 77.4 cm³/mol. The number of rotatable bonds is 2. The Balaban J connectivity index is 1.81. The lowest BCUT2D eigenvalue weighted by Crippen LogP contribution is -2.32. The Hall–Kier alpha value is -1.34. The van der Waals surface area contributed by atoms with E-state index in [2.05, 4.69) is 5.10 Å². The summed E-state index contributed by atoms with van der Waals surface area (Å²) < 4.78 is 23.2. The van der Waals surface area contributed by atoms with Crippen LogP contribution >= 0.6 is 11.8 Å². The van der Waals surface area contributed by atoms with Crippen LogP contribution in [-0.2, 0) is 9.84 Å². The van der Waals surface area contributed by atoms with Gasteiger partial charge in [0.2, 0.25) is 0 Å². The third kappa shape index (κ3) is 2.52. The van der Waals surface area contributed by atoms with E-state index < -0.39 is 9.84 Å². The first-order valence-electron chi connectivity index (χ1n) is 5.89. The van der Waals surface area contributed by atoms with Gasteiger partial charge in [-0.2, -0.15) is 5.10 Å². The molecule has 1 N–H and O–H groups in total. The molecule has 0 aliphatic carbocycles. The maximum absolute atomic E-state index is 11.6. The summed E-state index contributed by atoms with van der Waals surface area (Å²) in [6.07, 6.45) is 1.67. The maximum atomic E-state index is 11.6. The highest BCUT2D eigenvalue weighted by Crippen LogP contribution is 2.37. The van der Waals surface area contributed by atoms with Crippen LogP contribution in [0.5, 0.6) is 0 Å². The molecule has 7 heteroatoms. The normalized spacial score (nSPS) is 29.1. The molecule has 2 aliphatic heterocycles. The smallest absolute Gasteiger partial charge is 0.177 e. The number of fused-ring (bicyclic) bond motifs is 1. The molecule has 2 fully saturated rings. The van der Waals surface area contributed by atoms with Crippen LogP contribution in [0.1, 0.15) is 5.56 Å². The zero-order chi connectivity index (χ0) is 13.5. The summed E-state index contributed by atoms with van der Waals surface area (Å²) in [5.41, 5.74) is 0.935. The number of sulfone groups is 1. The third-order valence-corrected chi connectivity index (χ3v) is 6.31. The molecular weight excluding hydrogens is 282 g/mol. The van der Waals surface area contributed by atoms with E-state index in [0.717, 1.165) is 5.56 Å². The van der Waals surface area contributed by atoms with Crippen molar-refractivity contribution in [2.24, 2.45) is 5.10 Å². The molecule has 0 amide bonds. The Morgan fingerprint density at radius 1 is 1.32 bits per heavy atom. The van der Waals surface area contributed by atoms with Crippen molar-refractivity contribution in [2.45, 2.75) is 11.3 Å². The molecule has 2 aliphatic rings. The van der Waals surface area contributed by atoms with Gasteiger partial charge in [0.25, 0.3) is 0 Å². The molecule has 0 aromatic heterocycles. The Labute approximate surface area is 116 Å². The van der Waals surface area contributed by atoms with Gasteiger partial charge in [-0.05, 0) is 5.56 Å². The van der Waals surface area contributed by atoms with E-state index in [1.807, 2.05) is 30.3 Å². The quantitative estimate of drug-likeness (QED) is 0.831. The van der Waals surface area contributed by atoms with Gasteiger partial charge in [0.15, 0.2) is 15.0 Å². The highest BCUT2D eigenvalue weighted by atomic mass is 32.2. The molecule has 0 radical (unpaired) electrons. The van der Waals surface area contributed by atoms with Gasteiger partial charge in [0.1, 0.15) is 0 Å². The average Bonchev–Trinajstić information content (AvgIpc) is 2.79. The lowest BCUT2D eigenvalue weighted by molar-refractivity contribution is 0.376. The maximum Gasteiger partial charge on any atom is 0.177 e. The van der Waals surface area contributed by atoms with Gasteiger partial charge in [0, 0.05) is 5.25 Å². The molecule has 0 saturated carbocycles. The van der Waals surface area contributed by atoms with Crippen molar-refractivity contribution in [2.75, 3.05) is 11.5 Å². The minimum absolute atomic E-state index is 0.0505. The molecule has 3 rings (SSSR count). The second-order valence-electron chi connectivity index (χ2n) is 4.61. The second kappa shape index (κ2) is 4.64. The molecule has 5 nitrogen and oxygen atoms in total. The van der Waals surface area contributed by atoms with Gasteiger partial charge < -0.3 is 0 Å². The molecule has 19 heavy (non-hydrogen) atoms. The first-order valence-corrected chi connectivity index (χ1v) is 8.59. The summed E-state index contributed by atoms with van der Waals surface area (Å²) in [4.78, 5) is 0. The van der Waals surface area contributed by atoms with Crippen LogP contribution in [0, 0.1) is 5.41 Å². The lowest BCUT2D eigenvalue weighted by Gasteiger charge is -2.17. The van der Waals surface area contributed by atoms with Crippen molar-refractivity contribution in [1.82, 2.24) is 5.01 Å². The molecule has 1 aromatic carbocycles. The number of hydrazone groups is 1. The van der Waals surface area contributed by atoms with Crippen molar-refractivity contribution >= 4 is 33.0 Å². The summed E-state index contributed by atoms with van der Waals surface area (Å²) in [5, 5.41) is 14.0. The van der Waals surface area contributed by atoms with E-state index in [1.54, 1.807) is 6.21 Å². The van der Waals surface area contributed by atoms with Crippen LogP contribution in [0.25, 0.3) is 0 Å². The van der Waals surface area contributed by atoms with Crippen molar-refractivity contribution in [3.63, 3.8) is 0 Å². The van der Waals surface area contributed by atoms with Crippen molar-refractivity contribution in [3.05, 3.63) is 35.9 Å². The number of hydrogen-bond acceptors (Lipinski definition) is 5. The Bertz CT molecular complexity index is 628. The summed E-state index contributed by atoms with van der Waals surface area (Å²) in [6, 6.07) is 9.38. The van der Waals surface area contributed by atoms with Gasteiger partial charge in [-0.3, -0.25) is 5.41 Å². The largest absolute Gasteiger partial charge is 0.277 e. The first-order chi connectivity index (χ1) is 9.05. The van der Waals surface area contributed by atoms with Gasteiger partial charge >= 0.3 is 0 Å². The number of nitrogens with one attached hydrogen (secondary N) is 1. The Morgan fingerprint density at radius 2 is 2.05 bits per heavy atom. The van der Waals surface area contributed by atoms with Crippen LogP contribution in [-0.4, -0.2) is 47.6 Å². The molecule has 1 aromatic rings. The molecule has 2 atom stereocenters. The third-order valence-electron chi connectivity index (χ3n) is 3.19. The van der Waals surface area contributed by atoms with Gasteiger partial charge in [-0.25, -0.2) is 13.4 Å². The topological polar surface area (TPSA) is 73.6 Å². The number of thioether (sulfide) groups is 1. The van der Waals surface area contributed by atoms with Crippen molar-refractivity contribution < 1.29 is 8.42 Å². The minimum Gasteiger partial charge on any atom is -0.277 e. The minimum atomic E-state index is -2.98. The van der Waals surface area contributed by atoms with Crippen LogP contribution in [0.15, 0.2) is 35.4 Å². The second-order valence-corrected chi connectivity index (χ2v) is 7.99. The van der Waals surface area contributed by atoms with E-state index in [4.69, 9.17) is 5.41 Å². The van der Waals surface area contributed by atoms with Gasteiger partial charge in [-0.1, -0.05) is 42.1 Å². The van der Waals surface area contributed by atoms with Crippen LogP contribution < -0.4 is 0 Å². The number of hydrogen-bond donors (Lipinski definition) is 1. The Kier molecular flexibility index (Phi) is 3.10. The van der Waals surface area contributed by atoms with Crippen LogP contribution in [0.4, 0.5) is 0 Å². The summed E-state index contributed by atoms with van der Waals surface area (Å²) in [7, 11) is -2.98. The summed E-state index contributed by atoms with van der Waals surface area (Å²) >= 11 is 1.30. The molecule has 0 bridgehead atoms. The van der Waals surface area contributed by atoms with Crippen molar-refractivity contribution in [1.29, 1.82) is 5.41 Å². The molecule has 2 saturated heterocycles. The number of benzene rings is 1. The zero-order valence-electron chi connectivity index (χ0n) is 10.1. The van der Waals surface area contributed by atoms with E-state index in [1.165, 1.54) is 16.8 Å². The molecule has 2 heterocycles. The number of nitrogens with zero attached hydrogens (tertiary/aromatic N) is 2. The standard InChI is InChI=1S/C12H13N3O2S2/c13-12-15(14-6-9-4-2-1-3-5-9)10-7-19(16,17)8-11(10)18-12/h1-6,10-11,13H,7-8H2/b13-12?,14-6-/t10-,11+/m1/s1. The lowest BCUT2D eigenvalue weighted by atomic mass is 10.2. The first kappa shape index (κ1) is 12.7. The van der Waals surface area contributed by atoms with E-state index in [9.17, 15) is 8.42 Å². The number of amidine groups is 1. The molecular formula is C12H13N3O2S2. The van der Waals surface area contributed by atoms with Gasteiger partial charge in [0.05, 0.1) is 23.8 Å². The highest BCUT2D eigenvalue weighted by Gasteiger charge is 2.48. The summed E-state index contributed by atoms with van der Waals surface area (Å²) in [5.74, 6) is 0.251. The monoisotopic (exact) mass is 295 g/mol. The Morgan fingerprint density at radius 3 is 2.79 bits per heavy atom. The van der Waals surface area contributed by atoms with Crippen LogP contribution in [0.3, 0.4) is 0 Å². The van der Waals surface area contributed by atoms with Gasteiger partial charge in [-0.15, -0.1) is 0 Å². The molecule has 0 spiro atoms. The SMILES string of the molecule is N=C1S[C@H]2CS(=O)(=O)C[C@H]2N1/N=C\c1ccccc1. The van der Waals surface area contributed by atoms with E-state index in [-0.39, 0.29) is 22.8 Å². The average molecular weight is 295 g/mol. The zero-order valence-corrected chi connectivity index (χ0v) is 11.7. The fourth-order valence-electron chi connectivity index (χ4n) is 2.29. The predicted octanol–water partition coefficient (Wildman–Crippen LogP) is 1.17. The molecule has 0 unspecified atom stereocenters. The summed E-state index contributed by atoms with van der Waals surface area (Å²) in [6.45, 7) is 0. The fourth-order valence-corrected chi connectivity index (χ4v) is 6.01. The van der Waals surface area contributed by atoms with E-state index >= 15 is 0 Å². The molecule has 100 valence electrons. The van der Waals surface area contributed by atoms with Crippen LogP contribution in [0.2, 0.25) is 0 Å². The van der Waals surface area contributed by atoms with Crippen molar-refractivity contribution in [3.8, 4) is 0 Å². The van der Waals surface area contributed by atoms with E-state index in [0.29, 0.717) is 5.17 Å². The fraction of sp³-hybridized carbons (Fsp3) is 0.333. The highest BCUT2D eigenvalue weighted by molar-refractivity contribution is 8.15.